The fraction of sp³-hybridized carbons (Fsp3) is 0.474. The zero-order chi connectivity index (χ0) is 22.1. The van der Waals surface area contributed by atoms with Gasteiger partial charge in [-0.3, -0.25) is 14.3 Å². The molecule has 1 aromatic heterocycles. The van der Waals surface area contributed by atoms with E-state index in [0.29, 0.717) is 26.3 Å². The zero-order valence-corrected chi connectivity index (χ0v) is 18.5. The fourth-order valence-electron chi connectivity index (χ4n) is 3.38. The molecule has 1 fully saturated rings. The van der Waals surface area contributed by atoms with E-state index in [1.54, 1.807) is 11.8 Å². The number of ketones is 1. The van der Waals surface area contributed by atoms with Crippen LogP contribution in [0.25, 0.3) is 0 Å². The lowest BCUT2D eigenvalue weighted by Crippen LogP contribution is -2.44. The number of sulfone groups is 1. The molecule has 1 aliphatic heterocycles. The SMILES string of the molecule is CCOC1CN(c2c(S(C)(=O)=O)ccc(C(=O)c3c[nH]n(CC)c3=O)c2Cl)CCO1. The Bertz CT molecular complexity index is 1110. The van der Waals surface area contributed by atoms with E-state index in [0.717, 1.165) is 6.26 Å². The molecule has 0 aliphatic carbocycles. The van der Waals surface area contributed by atoms with Crippen molar-refractivity contribution >= 4 is 32.9 Å². The monoisotopic (exact) mass is 457 g/mol. The first-order chi connectivity index (χ1) is 14.2. The highest BCUT2D eigenvalue weighted by Crippen LogP contribution is 2.37. The molecular weight excluding hydrogens is 434 g/mol. The van der Waals surface area contributed by atoms with Crippen LogP contribution < -0.4 is 10.5 Å². The van der Waals surface area contributed by atoms with Crippen LogP contribution in [0.4, 0.5) is 5.69 Å². The Morgan fingerprint density at radius 2 is 2.07 bits per heavy atom. The lowest BCUT2D eigenvalue weighted by molar-refractivity contribution is -0.143. The minimum Gasteiger partial charge on any atom is -0.362 e. The molecule has 1 atom stereocenters. The molecule has 164 valence electrons. The van der Waals surface area contributed by atoms with Crippen LogP contribution in [-0.2, 0) is 25.9 Å². The van der Waals surface area contributed by atoms with Gasteiger partial charge in [-0.2, -0.15) is 0 Å². The average molecular weight is 458 g/mol. The normalized spacial score (nSPS) is 17.3. The molecular formula is C19H24ClN3O6S. The first-order valence-electron chi connectivity index (χ1n) is 9.52. The van der Waals surface area contributed by atoms with Gasteiger partial charge in [0.25, 0.3) is 5.56 Å². The van der Waals surface area contributed by atoms with Crippen LogP contribution in [-0.4, -0.2) is 62.8 Å². The number of hydrogen-bond acceptors (Lipinski definition) is 7. The number of carbonyl (C=O) groups excluding carboxylic acids is 1. The summed E-state index contributed by atoms with van der Waals surface area (Å²) in [7, 11) is -3.64. The molecule has 1 saturated heterocycles. The van der Waals surface area contributed by atoms with Gasteiger partial charge in [-0.05, 0) is 26.0 Å². The molecule has 1 aliphatic rings. The molecule has 1 N–H and O–H groups in total. The Morgan fingerprint density at radius 1 is 1.33 bits per heavy atom. The van der Waals surface area contributed by atoms with Crippen molar-refractivity contribution in [1.29, 1.82) is 0 Å². The number of halogens is 1. The second-order valence-corrected chi connectivity index (χ2v) is 9.18. The highest BCUT2D eigenvalue weighted by molar-refractivity contribution is 7.90. The summed E-state index contributed by atoms with van der Waals surface area (Å²) in [6, 6.07) is 2.69. The number of morpholine rings is 1. The lowest BCUT2D eigenvalue weighted by atomic mass is 10.0. The molecule has 3 rings (SSSR count). The number of nitrogens with one attached hydrogen (secondary N) is 1. The number of carbonyl (C=O) groups is 1. The minimum atomic E-state index is -3.64. The third kappa shape index (κ3) is 4.31. The van der Waals surface area contributed by atoms with Crippen molar-refractivity contribution in [1.82, 2.24) is 9.78 Å². The van der Waals surface area contributed by atoms with E-state index in [1.165, 1.54) is 23.0 Å². The number of rotatable bonds is 7. The van der Waals surface area contributed by atoms with Crippen LogP contribution in [0.2, 0.25) is 5.02 Å². The van der Waals surface area contributed by atoms with Gasteiger partial charge in [0.05, 0.1) is 28.8 Å². The number of H-pyrrole nitrogens is 1. The van der Waals surface area contributed by atoms with Crippen LogP contribution in [0.1, 0.15) is 29.8 Å². The molecule has 1 unspecified atom stereocenters. The topological polar surface area (TPSA) is 111 Å². The molecule has 0 amide bonds. The van der Waals surface area contributed by atoms with Gasteiger partial charge in [-0.1, -0.05) is 11.6 Å². The predicted octanol–water partition coefficient (Wildman–Crippen LogP) is 1.68. The summed E-state index contributed by atoms with van der Waals surface area (Å²) in [5.74, 6) is -0.579. The quantitative estimate of drug-likeness (QED) is 0.629. The van der Waals surface area contributed by atoms with Gasteiger partial charge in [-0.15, -0.1) is 0 Å². The van der Waals surface area contributed by atoms with Crippen molar-refractivity contribution < 1.29 is 22.7 Å². The van der Waals surface area contributed by atoms with E-state index in [2.05, 4.69) is 5.10 Å². The maximum atomic E-state index is 13.0. The van der Waals surface area contributed by atoms with E-state index < -0.39 is 27.5 Å². The van der Waals surface area contributed by atoms with Gasteiger partial charge in [0.15, 0.2) is 16.1 Å². The molecule has 0 radical (unpaired) electrons. The third-order valence-corrected chi connectivity index (χ3v) is 6.34. The lowest BCUT2D eigenvalue weighted by Gasteiger charge is -2.35. The van der Waals surface area contributed by atoms with Crippen LogP contribution in [0.3, 0.4) is 0 Å². The standard InChI is InChI=1S/C19H24ClN3O6S/c1-4-23-19(25)13(10-21-23)18(24)12-6-7-14(30(3,26)27)17(16(12)20)22-8-9-29-15(11-22)28-5-2/h6-7,10,15,21H,4-5,8-9,11H2,1-3H3. The third-order valence-electron chi connectivity index (χ3n) is 4.83. The Balaban J connectivity index is 2.11. The fourth-order valence-corrected chi connectivity index (χ4v) is 4.70. The second kappa shape index (κ2) is 8.93. The van der Waals surface area contributed by atoms with Crippen molar-refractivity contribution in [2.75, 3.05) is 37.5 Å². The largest absolute Gasteiger partial charge is 0.362 e. The van der Waals surface area contributed by atoms with E-state index in [4.69, 9.17) is 21.1 Å². The highest BCUT2D eigenvalue weighted by Gasteiger charge is 2.30. The number of aromatic amines is 1. The first kappa shape index (κ1) is 22.5. The maximum absolute atomic E-state index is 13.0. The molecule has 9 nitrogen and oxygen atoms in total. The van der Waals surface area contributed by atoms with Gasteiger partial charge in [0.1, 0.15) is 5.56 Å². The molecule has 1 aromatic carbocycles. The predicted molar refractivity (Wildman–Crippen MR) is 112 cm³/mol. The van der Waals surface area contributed by atoms with Crippen molar-refractivity contribution in [2.45, 2.75) is 31.6 Å². The summed E-state index contributed by atoms with van der Waals surface area (Å²) in [5.41, 5.74) is -0.261. The number of benzene rings is 1. The minimum absolute atomic E-state index is 0.00114. The van der Waals surface area contributed by atoms with E-state index in [9.17, 15) is 18.0 Å². The van der Waals surface area contributed by atoms with E-state index in [-0.39, 0.29) is 33.3 Å². The summed E-state index contributed by atoms with van der Waals surface area (Å²) in [6.07, 6.45) is 1.86. The van der Waals surface area contributed by atoms with Gasteiger partial charge in [-0.25, -0.2) is 8.42 Å². The molecule has 0 saturated carbocycles. The molecule has 0 spiro atoms. The summed E-state index contributed by atoms with van der Waals surface area (Å²) in [4.78, 5) is 27.2. The van der Waals surface area contributed by atoms with Crippen molar-refractivity contribution in [2.24, 2.45) is 0 Å². The number of hydrogen-bond donors (Lipinski definition) is 1. The number of anilines is 1. The molecule has 11 heteroatoms. The molecule has 0 bridgehead atoms. The van der Waals surface area contributed by atoms with Crippen molar-refractivity contribution in [3.05, 3.63) is 44.8 Å². The Morgan fingerprint density at radius 3 is 2.67 bits per heavy atom. The second-order valence-electron chi connectivity index (χ2n) is 6.81. The number of aromatic nitrogens is 2. The van der Waals surface area contributed by atoms with E-state index in [1.807, 2.05) is 6.92 Å². The maximum Gasteiger partial charge on any atom is 0.277 e. The molecule has 2 aromatic rings. The van der Waals surface area contributed by atoms with E-state index >= 15 is 0 Å². The Kier molecular flexibility index (Phi) is 6.71. The Hall–Kier alpha value is -2.14. The smallest absolute Gasteiger partial charge is 0.277 e. The average Bonchev–Trinajstić information content (AvgIpc) is 3.07. The zero-order valence-electron chi connectivity index (χ0n) is 17.0. The summed E-state index contributed by atoms with van der Waals surface area (Å²) in [6.45, 7) is 5.34. The number of aryl methyl sites for hydroxylation is 1. The van der Waals surface area contributed by atoms with Crippen molar-refractivity contribution in [3.8, 4) is 0 Å². The Labute approximate surface area is 179 Å². The summed E-state index contributed by atoms with van der Waals surface area (Å²) >= 11 is 6.59. The van der Waals surface area contributed by atoms with Gasteiger partial charge in [0, 0.05) is 37.7 Å². The summed E-state index contributed by atoms with van der Waals surface area (Å²) in [5, 5.41) is 2.70. The van der Waals surface area contributed by atoms with Crippen molar-refractivity contribution in [3.63, 3.8) is 0 Å². The molecule has 2 heterocycles. The van der Waals surface area contributed by atoms with Crippen LogP contribution in [0.5, 0.6) is 0 Å². The number of nitrogens with zero attached hydrogens (tertiary/aromatic N) is 2. The van der Waals surface area contributed by atoms with Gasteiger partial charge < -0.3 is 19.5 Å². The molecule has 30 heavy (non-hydrogen) atoms. The van der Waals surface area contributed by atoms with Crippen LogP contribution in [0.15, 0.2) is 28.0 Å². The number of ether oxygens (including phenoxy) is 2. The van der Waals surface area contributed by atoms with Crippen LogP contribution in [0, 0.1) is 0 Å². The summed E-state index contributed by atoms with van der Waals surface area (Å²) < 4.78 is 37.2. The highest BCUT2D eigenvalue weighted by atomic mass is 35.5. The van der Waals surface area contributed by atoms with Crippen LogP contribution >= 0.6 is 11.6 Å². The van der Waals surface area contributed by atoms with Gasteiger partial charge >= 0.3 is 0 Å². The first-order valence-corrected chi connectivity index (χ1v) is 11.8. The van der Waals surface area contributed by atoms with Gasteiger partial charge in [0.2, 0.25) is 5.78 Å².